The van der Waals surface area contributed by atoms with Gasteiger partial charge >= 0.3 is 12.2 Å². The van der Waals surface area contributed by atoms with Crippen molar-refractivity contribution in [2.45, 2.75) is 78.7 Å². The number of hydrogen-bond acceptors (Lipinski definition) is 9. The molecule has 0 saturated heterocycles. The molecule has 35 heavy (non-hydrogen) atoms. The van der Waals surface area contributed by atoms with Crippen molar-refractivity contribution in [3.8, 4) is 0 Å². The lowest BCUT2D eigenvalue weighted by Crippen LogP contribution is -2.42. The summed E-state index contributed by atoms with van der Waals surface area (Å²) in [5.41, 5.74) is 0.528. The molecule has 0 aliphatic carbocycles. The van der Waals surface area contributed by atoms with Crippen LogP contribution in [-0.4, -0.2) is 45.5 Å². The number of ether oxygens (including phenoxy) is 2. The smallest absolute Gasteiger partial charge is 0.415 e. The number of nitrogens with zero attached hydrogens (tertiary/aromatic N) is 2. The molecule has 0 fully saturated rings. The number of aliphatic hydroxyl groups is 1. The Morgan fingerprint density at radius 1 is 1.17 bits per heavy atom. The quantitative estimate of drug-likeness (QED) is 0.376. The largest absolute Gasteiger partial charge is 0.444 e. The highest BCUT2D eigenvalue weighted by Crippen LogP contribution is 2.42. The molecular formula is C24H33N3O5S3. The van der Waals surface area contributed by atoms with E-state index in [1.165, 1.54) is 22.9 Å². The molecule has 0 aliphatic rings. The van der Waals surface area contributed by atoms with Crippen molar-refractivity contribution in [1.82, 2.24) is 9.69 Å². The number of carbonyl (C=O) groups is 2. The van der Waals surface area contributed by atoms with Crippen LogP contribution in [0.15, 0.2) is 17.5 Å². The van der Waals surface area contributed by atoms with Gasteiger partial charge in [-0.1, -0.05) is 6.07 Å². The van der Waals surface area contributed by atoms with E-state index in [2.05, 4.69) is 9.69 Å². The van der Waals surface area contributed by atoms with E-state index in [1.54, 1.807) is 37.0 Å². The SMILES string of the molecule is Cc1c(C[C@H](CO)NC(=O)OC(C)(C)C)sc2c(N(Cc3cccs3)C(=O)OC(C)(C)C)snc12. The normalized spacial score (nSPS) is 13.0. The lowest BCUT2D eigenvalue weighted by Gasteiger charge is -2.26. The highest BCUT2D eigenvalue weighted by Gasteiger charge is 2.29. The molecule has 0 aliphatic heterocycles. The second kappa shape index (κ2) is 10.8. The van der Waals surface area contributed by atoms with E-state index in [4.69, 9.17) is 9.47 Å². The number of alkyl carbamates (subject to hydrolysis) is 1. The number of fused-ring (bicyclic) bond motifs is 1. The summed E-state index contributed by atoms with van der Waals surface area (Å²) in [4.78, 5) is 29.0. The summed E-state index contributed by atoms with van der Waals surface area (Å²) in [6.07, 6.45) is -0.578. The minimum absolute atomic E-state index is 0.230. The van der Waals surface area contributed by atoms with E-state index in [1.807, 2.05) is 45.2 Å². The lowest BCUT2D eigenvalue weighted by molar-refractivity contribution is 0.0482. The maximum atomic E-state index is 13.2. The van der Waals surface area contributed by atoms with Crippen LogP contribution < -0.4 is 10.2 Å². The number of aryl methyl sites for hydroxylation is 1. The molecule has 2 N–H and O–H groups in total. The predicted octanol–water partition coefficient (Wildman–Crippen LogP) is 6.10. The number of aliphatic hydroxyl groups excluding tert-OH is 1. The second-order valence-corrected chi connectivity index (χ2v) is 13.1. The Hall–Kier alpha value is -2.21. The highest BCUT2D eigenvalue weighted by molar-refractivity contribution is 7.25. The Balaban J connectivity index is 1.89. The maximum absolute atomic E-state index is 13.2. The minimum atomic E-state index is -0.632. The molecule has 1 atom stereocenters. The molecule has 8 nitrogen and oxygen atoms in total. The van der Waals surface area contributed by atoms with Crippen LogP contribution in [0.3, 0.4) is 0 Å². The summed E-state index contributed by atoms with van der Waals surface area (Å²) in [6.45, 7) is 13.0. The Morgan fingerprint density at radius 3 is 2.43 bits per heavy atom. The molecule has 3 aromatic rings. The van der Waals surface area contributed by atoms with Gasteiger partial charge in [-0.15, -0.1) is 22.7 Å². The molecule has 0 saturated carbocycles. The first kappa shape index (κ1) is 27.4. The van der Waals surface area contributed by atoms with Gasteiger partial charge in [-0.2, -0.15) is 4.37 Å². The van der Waals surface area contributed by atoms with Gasteiger partial charge in [-0.25, -0.2) is 9.59 Å². The van der Waals surface area contributed by atoms with E-state index < -0.39 is 29.4 Å². The highest BCUT2D eigenvalue weighted by atomic mass is 32.1. The van der Waals surface area contributed by atoms with Crippen LogP contribution >= 0.6 is 34.2 Å². The van der Waals surface area contributed by atoms with Gasteiger partial charge in [0.15, 0.2) is 0 Å². The van der Waals surface area contributed by atoms with Crippen molar-refractivity contribution < 1.29 is 24.2 Å². The number of aromatic nitrogens is 1. The van der Waals surface area contributed by atoms with Crippen LogP contribution in [0.1, 0.15) is 56.9 Å². The van der Waals surface area contributed by atoms with Crippen molar-refractivity contribution >= 4 is 61.6 Å². The van der Waals surface area contributed by atoms with Gasteiger partial charge in [0, 0.05) is 16.2 Å². The summed E-state index contributed by atoms with van der Waals surface area (Å²) in [6, 6.07) is 3.43. The average Bonchev–Trinajstić information content (AvgIpc) is 3.42. The fraction of sp³-hybridized carbons (Fsp3) is 0.542. The molecule has 0 spiro atoms. The molecule has 0 aromatic carbocycles. The van der Waals surface area contributed by atoms with E-state index in [-0.39, 0.29) is 6.61 Å². The number of nitrogens with one attached hydrogen (secondary N) is 1. The summed E-state index contributed by atoms with van der Waals surface area (Å²) in [5.74, 6) is 0. The van der Waals surface area contributed by atoms with Crippen molar-refractivity contribution in [2.24, 2.45) is 0 Å². The van der Waals surface area contributed by atoms with Crippen molar-refractivity contribution in [2.75, 3.05) is 11.5 Å². The zero-order chi connectivity index (χ0) is 26.0. The Bertz CT molecular complexity index is 1160. The van der Waals surface area contributed by atoms with Gasteiger partial charge in [-0.05, 0) is 77.0 Å². The third-order valence-corrected chi connectivity index (χ3v) is 7.93. The van der Waals surface area contributed by atoms with Gasteiger partial charge in [0.25, 0.3) is 0 Å². The second-order valence-electron chi connectivity index (χ2n) is 10.2. The Kier molecular flexibility index (Phi) is 8.46. The molecule has 3 rings (SSSR count). The fourth-order valence-electron chi connectivity index (χ4n) is 3.26. The van der Waals surface area contributed by atoms with Gasteiger partial charge in [-0.3, -0.25) is 4.90 Å². The van der Waals surface area contributed by atoms with E-state index in [0.717, 1.165) is 30.5 Å². The minimum Gasteiger partial charge on any atom is -0.444 e. The first-order chi connectivity index (χ1) is 16.3. The lowest BCUT2D eigenvalue weighted by atomic mass is 10.1. The van der Waals surface area contributed by atoms with Crippen LogP contribution in [0.25, 0.3) is 10.2 Å². The van der Waals surface area contributed by atoms with E-state index >= 15 is 0 Å². The molecule has 0 radical (unpaired) electrons. The first-order valence-electron chi connectivity index (χ1n) is 11.3. The number of carbonyl (C=O) groups excluding carboxylic acids is 2. The maximum Gasteiger partial charge on any atom is 0.415 e. The third-order valence-electron chi connectivity index (χ3n) is 4.76. The predicted molar refractivity (Wildman–Crippen MR) is 143 cm³/mol. The summed E-state index contributed by atoms with van der Waals surface area (Å²) >= 11 is 4.36. The zero-order valence-corrected chi connectivity index (χ0v) is 23.6. The van der Waals surface area contributed by atoms with Crippen LogP contribution in [0.4, 0.5) is 14.6 Å². The number of thiophene rings is 2. The van der Waals surface area contributed by atoms with Crippen LogP contribution in [-0.2, 0) is 22.4 Å². The monoisotopic (exact) mass is 539 g/mol. The standard InChI is InChI=1S/C24H33N3O5S3/c1-14-17(11-15(13-28)25-21(29)31-23(2,3)4)34-19-18(14)26-35-20(19)27(12-16-9-8-10-33-16)22(30)32-24(5,6)7/h8-10,15,28H,11-13H2,1-7H3,(H,25,29)/t15-/m1/s1. The molecule has 2 amide bonds. The fourth-order valence-corrected chi connectivity index (χ4v) is 6.34. The molecule has 3 aromatic heterocycles. The summed E-state index contributed by atoms with van der Waals surface area (Å²) < 4.78 is 16.6. The van der Waals surface area contributed by atoms with Gasteiger partial charge in [0.05, 0.1) is 23.9 Å². The van der Waals surface area contributed by atoms with E-state index in [0.29, 0.717) is 13.0 Å². The zero-order valence-electron chi connectivity index (χ0n) is 21.1. The van der Waals surface area contributed by atoms with E-state index in [9.17, 15) is 14.7 Å². The average molecular weight is 540 g/mol. The van der Waals surface area contributed by atoms with Gasteiger partial charge in [0.2, 0.25) is 0 Å². The first-order valence-corrected chi connectivity index (χ1v) is 13.7. The molecule has 11 heteroatoms. The number of anilines is 1. The Labute approximate surface area is 218 Å². The van der Waals surface area contributed by atoms with Crippen LogP contribution in [0.2, 0.25) is 0 Å². The van der Waals surface area contributed by atoms with Crippen molar-refractivity contribution in [3.63, 3.8) is 0 Å². The van der Waals surface area contributed by atoms with Crippen molar-refractivity contribution in [3.05, 3.63) is 32.8 Å². The number of rotatable bonds is 7. The van der Waals surface area contributed by atoms with Gasteiger partial charge < -0.3 is 19.9 Å². The molecule has 0 bridgehead atoms. The topological polar surface area (TPSA) is 101 Å². The molecule has 3 heterocycles. The molecule has 192 valence electrons. The van der Waals surface area contributed by atoms with Crippen LogP contribution in [0, 0.1) is 6.92 Å². The summed E-state index contributed by atoms with van der Waals surface area (Å²) in [7, 11) is 0. The molecule has 0 unspecified atom stereocenters. The number of hydrogen-bond donors (Lipinski definition) is 2. The van der Waals surface area contributed by atoms with Crippen LogP contribution in [0.5, 0.6) is 0 Å². The Morgan fingerprint density at radius 2 is 1.86 bits per heavy atom. The van der Waals surface area contributed by atoms with Gasteiger partial charge in [0.1, 0.15) is 21.7 Å². The van der Waals surface area contributed by atoms with Crippen molar-refractivity contribution in [1.29, 1.82) is 0 Å². The number of amides is 2. The summed E-state index contributed by atoms with van der Waals surface area (Å²) in [5, 5.41) is 15.3. The third kappa shape index (κ3) is 7.39. The molecular weight excluding hydrogens is 506 g/mol.